The monoisotopic (exact) mass is 257 g/mol. The highest BCUT2D eigenvalue weighted by Crippen LogP contribution is 2.33. The molecule has 106 valence electrons. The van der Waals surface area contributed by atoms with Crippen LogP contribution in [0.15, 0.2) is 0 Å². The minimum atomic E-state index is -0.122. The van der Waals surface area contributed by atoms with E-state index in [9.17, 15) is 5.11 Å². The van der Waals surface area contributed by atoms with Crippen molar-refractivity contribution in [2.24, 2.45) is 0 Å². The van der Waals surface area contributed by atoms with E-state index in [-0.39, 0.29) is 17.7 Å². The molecule has 2 unspecified atom stereocenters. The average Bonchev–Trinajstić information content (AvgIpc) is 2.84. The number of nitrogens with one attached hydrogen (secondary N) is 1. The third-order valence-electron chi connectivity index (χ3n) is 4.73. The molecule has 0 aliphatic carbocycles. The van der Waals surface area contributed by atoms with Crippen LogP contribution >= 0.6 is 0 Å². The van der Waals surface area contributed by atoms with Crippen LogP contribution < -0.4 is 5.32 Å². The summed E-state index contributed by atoms with van der Waals surface area (Å²) in [5, 5.41) is 13.3. The molecule has 0 aromatic heterocycles. The lowest BCUT2D eigenvalue weighted by molar-refractivity contribution is -0.0937. The Morgan fingerprint density at radius 1 is 1.33 bits per heavy atom. The van der Waals surface area contributed by atoms with Crippen molar-refractivity contribution in [3.05, 3.63) is 0 Å². The number of aliphatic hydroxyl groups excluding tert-OH is 1. The van der Waals surface area contributed by atoms with E-state index in [1.807, 2.05) is 0 Å². The zero-order chi connectivity index (χ0) is 13.1. The van der Waals surface area contributed by atoms with Gasteiger partial charge in [-0.25, -0.2) is 0 Å². The topological polar surface area (TPSA) is 50.7 Å². The molecule has 1 spiro atoms. The predicted octanol–water partition coefficient (Wildman–Crippen LogP) is 1.47. The zero-order valence-electron chi connectivity index (χ0n) is 11.7. The SMILES string of the molecule is CCC(CC)(CO)NC1CCOC2(CCOC2)C1. The maximum absolute atomic E-state index is 9.65. The summed E-state index contributed by atoms with van der Waals surface area (Å²) < 4.78 is 11.4. The Labute approximate surface area is 110 Å². The van der Waals surface area contributed by atoms with Gasteiger partial charge in [0.05, 0.1) is 18.8 Å². The van der Waals surface area contributed by atoms with Gasteiger partial charge in [-0.05, 0) is 25.7 Å². The van der Waals surface area contributed by atoms with E-state index in [1.54, 1.807) is 0 Å². The minimum absolute atomic E-state index is 0.0569. The molecule has 0 amide bonds. The molecule has 2 aliphatic rings. The first-order valence-corrected chi connectivity index (χ1v) is 7.28. The molecule has 0 aromatic rings. The first kappa shape index (κ1) is 14.3. The lowest BCUT2D eigenvalue weighted by Crippen LogP contribution is -2.57. The quantitative estimate of drug-likeness (QED) is 0.783. The predicted molar refractivity (Wildman–Crippen MR) is 70.7 cm³/mol. The highest BCUT2D eigenvalue weighted by Gasteiger charge is 2.42. The van der Waals surface area contributed by atoms with Crippen molar-refractivity contribution < 1.29 is 14.6 Å². The van der Waals surface area contributed by atoms with Gasteiger partial charge in [0.2, 0.25) is 0 Å². The second-order valence-corrected chi connectivity index (χ2v) is 5.81. The highest BCUT2D eigenvalue weighted by molar-refractivity contribution is 4.96. The molecule has 0 aromatic carbocycles. The minimum Gasteiger partial charge on any atom is -0.394 e. The normalized spacial score (nSPS) is 33.2. The van der Waals surface area contributed by atoms with Gasteiger partial charge in [0.1, 0.15) is 0 Å². The van der Waals surface area contributed by atoms with Gasteiger partial charge in [-0.1, -0.05) is 13.8 Å². The third kappa shape index (κ3) is 2.87. The molecular weight excluding hydrogens is 230 g/mol. The molecule has 2 saturated heterocycles. The van der Waals surface area contributed by atoms with E-state index in [0.29, 0.717) is 6.04 Å². The Morgan fingerprint density at radius 2 is 2.11 bits per heavy atom. The Kier molecular flexibility index (Phi) is 4.64. The molecule has 4 heteroatoms. The van der Waals surface area contributed by atoms with Crippen molar-refractivity contribution in [2.45, 2.75) is 63.1 Å². The molecule has 2 N–H and O–H groups in total. The summed E-state index contributed by atoms with van der Waals surface area (Å²) in [6.45, 7) is 6.84. The second kappa shape index (κ2) is 5.87. The maximum atomic E-state index is 9.65. The van der Waals surface area contributed by atoms with Crippen LogP contribution in [0.1, 0.15) is 46.0 Å². The molecule has 2 rings (SSSR count). The number of aliphatic hydroxyl groups is 1. The smallest absolute Gasteiger partial charge is 0.0951 e. The van der Waals surface area contributed by atoms with Crippen LogP contribution in [0.5, 0.6) is 0 Å². The van der Waals surface area contributed by atoms with Gasteiger partial charge < -0.3 is 19.9 Å². The highest BCUT2D eigenvalue weighted by atomic mass is 16.6. The second-order valence-electron chi connectivity index (χ2n) is 5.81. The van der Waals surface area contributed by atoms with Gasteiger partial charge in [0.15, 0.2) is 0 Å². The molecule has 0 saturated carbocycles. The van der Waals surface area contributed by atoms with Crippen LogP contribution in [0.3, 0.4) is 0 Å². The number of hydrogen-bond donors (Lipinski definition) is 2. The molecule has 18 heavy (non-hydrogen) atoms. The first-order chi connectivity index (χ1) is 8.67. The summed E-state index contributed by atoms with van der Waals surface area (Å²) in [6.07, 6.45) is 4.97. The summed E-state index contributed by atoms with van der Waals surface area (Å²) in [5.74, 6) is 0. The Hall–Kier alpha value is -0.160. The Bertz CT molecular complexity index is 252. The molecule has 2 atom stereocenters. The van der Waals surface area contributed by atoms with E-state index in [1.165, 1.54) is 0 Å². The van der Waals surface area contributed by atoms with Gasteiger partial charge in [-0.2, -0.15) is 0 Å². The van der Waals surface area contributed by atoms with E-state index in [0.717, 1.165) is 51.9 Å². The molecular formula is C14H27NO3. The number of hydrogen-bond acceptors (Lipinski definition) is 4. The van der Waals surface area contributed by atoms with Crippen molar-refractivity contribution in [1.29, 1.82) is 0 Å². The standard InChI is InChI=1S/C14H27NO3/c1-3-13(4-2,10-16)15-12-5-7-18-14(9-12)6-8-17-11-14/h12,15-16H,3-11H2,1-2H3. The molecule has 0 radical (unpaired) electrons. The Balaban J connectivity index is 1.96. The number of rotatable bonds is 5. The van der Waals surface area contributed by atoms with Crippen LogP contribution in [-0.4, -0.2) is 48.7 Å². The van der Waals surface area contributed by atoms with Crippen LogP contribution in [0.25, 0.3) is 0 Å². The third-order valence-corrected chi connectivity index (χ3v) is 4.73. The summed E-state index contributed by atoms with van der Waals surface area (Å²) in [6, 6.07) is 0.438. The lowest BCUT2D eigenvalue weighted by atomic mass is 9.86. The van der Waals surface area contributed by atoms with Gasteiger partial charge in [0, 0.05) is 31.2 Å². The summed E-state index contributed by atoms with van der Waals surface area (Å²) in [4.78, 5) is 0. The van der Waals surface area contributed by atoms with Gasteiger partial charge in [-0.3, -0.25) is 0 Å². The van der Waals surface area contributed by atoms with Crippen molar-refractivity contribution in [1.82, 2.24) is 5.32 Å². The molecule has 2 fully saturated rings. The van der Waals surface area contributed by atoms with E-state index >= 15 is 0 Å². The van der Waals surface area contributed by atoms with Crippen LogP contribution in [0, 0.1) is 0 Å². The van der Waals surface area contributed by atoms with Gasteiger partial charge in [0.25, 0.3) is 0 Å². The van der Waals surface area contributed by atoms with Crippen molar-refractivity contribution >= 4 is 0 Å². The maximum Gasteiger partial charge on any atom is 0.0951 e. The van der Waals surface area contributed by atoms with Crippen molar-refractivity contribution in [3.8, 4) is 0 Å². The van der Waals surface area contributed by atoms with Crippen LogP contribution in [0.2, 0.25) is 0 Å². The summed E-state index contributed by atoms with van der Waals surface area (Å²) in [5.41, 5.74) is -0.179. The molecule has 4 nitrogen and oxygen atoms in total. The van der Waals surface area contributed by atoms with Crippen LogP contribution in [-0.2, 0) is 9.47 Å². The van der Waals surface area contributed by atoms with Crippen LogP contribution in [0.4, 0.5) is 0 Å². The van der Waals surface area contributed by atoms with E-state index in [2.05, 4.69) is 19.2 Å². The lowest BCUT2D eigenvalue weighted by Gasteiger charge is -2.42. The van der Waals surface area contributed by atoms with Crippen molar-refractivity contribution in [2.75, 3.05) is 26.4 Å². The molecule has 2 aliphatic heterocycles. The van der Waals surface area contributed by atoms with Crippen molar-refractivity contribution in [3.63, 3.8) is 0 Å². The zero-order valence-corrected chi connectivity index (χ0v) is 11.7. The van der Waals surface area contributed by atoms with Gasteiger partial charge >= 0.3 is 0 Å². The fourth-order valence-electron chi connectivity index (χ4n) is 3.17. The first-order valence-electron chi connectivity index (χ1n) is 7.28. The van der Waals surface area contributed by atoms with Gasteiger partial charge in [-0.15, -0.1) is 0 Å². The Morgan fingerprint density at radius 3 is 2.67 bits per heavy atom. The summed E-state index contributed by atoms with van der Waals surface area (Å²) >= 11 is 0. The summed E-state index contributed by atoms with van der Waals surface area (Å²) in [7, 11) is 0. The fourth-order valence-corrected chi connectivity index (χ4v) is 3.17. The average molecular weight is 257 g/mol. The largest absolute Gasteiger partial charge is 0.394 e. The number of ether oxygens (including phenoxy) is 2. The van der Waals surface area contributed by atoms with E-state index in [4.69, 9.17) is 9.47 Å². The fraction of sp³-hybridized carbons (Fsp3) is 1.00. The molecule has 0 bridgehead atoms. The van der Waals surface area contributed by atoms with E-state index < -0.39 is 0 Å². The molecule has 2 heterocycles.